The molecule has 0 spiro atoms. The zero-order chi connectivity index (χ0) is 13.0. The fraction of sp³-hybridized carbons (Fsp3) is 0.846. The van der Waals surface area contributed by atoms with E-state index in [0.29, 0.717) is 6.04 Å². The third kappa shape index (κ3) is 3.37. The van der Waals surface area contributed by atoms with Crippen molar-refractivity contribution < 1.29 is 14.3 Å². The number of rotatable bonds is 3. The van der Waals surface area contributed by atoms with E-state index >= 15 is 0 Å². The van der Waals surface area contributed by atoms with Gasteiger partial charge in [0.15, 0.2) is 0 Å². The summed E-state index contributed by atoms with van der Waals surface area (Å²) in [6.07, 6.45) is 5.85. The topological polar surface area (TPSA) is 58.6 Å². The molecule has 0 radical (unpaired) electrons. The molecule has 2 aliphatic rings. The molecule has 1 heterocycles. The number of carbonyl (C=O) groups is 2. The van der Waals surface area contributed by atoms with Gasteiger partial charge in [-0.3, -0.25) is 4.79 Å². The molecule has 2 amide bonds. The Morgan fingerprint density at radius 2 is 1.94 bits per heavy atom. The second-order valence-electron chi connectivity index (χ2n) is 5.24. The van der Waals surface area contributed by atoms with Crippen LogP contribution in [0.4, 0.5) is 4.79 Å². The van der Waals surface area contributed by atoms with E-state index in [0.717, 1.165) is 45.1 Å². The third-order valence-corrected chi connectivity index (χ3v) is 3.83. The van der Waals surface area contributed by atoms with E-state index in [4.69, 9.17) is 4.74 Å². The van der Waals surface area contributed by atoms with Gasteiger partial charge in [0, 0.05) is 12.6 Å². The van der Waals surface area contributed by atoms with Crippen LogP contribution in [0.3, 0.4) is 0 Å². The highest BCUT2D eigenvalue weighted by Crippen LogP contribution is 2.20. The second-order valence-corrected chi connectivity index (χ2v) is 5.24. The lowest BCUT2D eigenvalue weighted by Gasteiger charge is -2.21. The van der Waals surface area contributed by atoms with Crippen LogP contribution in [-0.4, -0.2) is 42.1 Å². The van der Waals surface area contributed by atoms with Crippen molar-refractivity contribution in [2.24, 2.45) is 0 Å². The van der Waals surface area contributed by atoms with Crippen LogP contribution >= 0.6 is 0 Å². The summed E-state index contributed by atoms with van der Waals surface area (Å²) in [5.74, 6) is -0.0108. The molecule has 5 nitrogen and oxygen atoms in total. The molecule has 1 saturated heterocycles. The van der Waals surface area contributed by atoms with Crippen molar-refractivity contribution in [2.75, 3.05) is 13.1 Å². The Kier molecular flexibility index (Phi) is 4.44. The van der Waals surface area contributed by atoms with Gasteiger partial charge in [0.05, 0.1) is 0 Å². The van der Waals surface area contributed by atoms with E-state index < -0.39 is 6.09 Å². The highest BCUT2D eigenvalue weighted by Gasteiger charge is 2.25. The zero-order valence-electron chi connectivity index (χ0n) is 11.0. The minimum atomic E-state index is -0.456. The van der Waals surface area contributed by atoms with Gasteiger partial charge in [-0.1, -0.05) is 0 Å². The number of nitrogens with zero attached hydrogens (tertiary/aromatic N) is 1. The number of hydrogen-bond acceptors (Lipinski definition) is 3. The van der Waals surface area contributed by atoms with Crippen LogP contribution in [0.15, 0.2) is 0 Å². The van der Waals surface area contributed by atoms with Crippen molar-refractivity contribution in [1.82, 2.24) is 10.2 Å². The van der Waals surface area contributed by atoms with Crippen LogP contribution in [0.2, 0.25) is 0 Å². The third-order valence-electron chi connectivity index (χ3n) is 3.83. The monoisotopic (exact) mass is 254 g/mol. The number of nitrogens with one attached hydrogen (secondary N) is 1. The molecule has 5 heteroatoms. The summed E-state index contributed by atoms with van der Waals surface area (Å²) in [5.41, 5.74) is 0. The molecular formula is C13H22N2O3. The summed E-state index contributed by atoms with van der Waals surface area (Å²) in [4.78, 5) is 25.2. The predicted octanol–water partition coefficient (Wildman–Crippen LogP) is 1.67. The van der Waals surface area contributed by atoms with Crippen LogP contribution in [-0.2, 0) is 9.53 Å². The first-order valence-corrected chi connectivity index (χ1v) is 6.91. The van der Waals surface area contributed by atoms with Gasteiger partial charge in [0.1, 0.15) is 12.6 Å². The fourth-order valence-electron chi connectivity index (χ4n) is 2.75. The highest BCUT2D eigenvalue weighted by molar-refractivity contribution is 5.82. The van der Waals surface area contributed by atoms with Gasteiger partial charge in [-0.2, -0.15) is 0 Å². The van der Waals surface area contributed by atoms with Crippen molar-refractivity contribution in [2.45, 2.75) is 57.6 Å². The average Bonchev–Trinajstić information content (AvgIpc) is 2.97. The SMILES string of the molecule is CC1CCCN1C(=O)CNC(=O)OC1CCCC1. The Labute approximate surface area is 108 Å². The summed E-state index contributed by atoms with van der Waals surface area (Å²) < 4.78 is 5.23. The van der Waals surface area contributed by atoms with Crippen LogP contribution in [0.1, 0.15) is 45.4 Å². The Morgan fingerprint density at radius 3 is 2.56 bits per heavy atom. The maximum Gasteiger partial charge on any atom is 0.407 e. The summed E-state index contributed by atoms with van der Waals surface area (Å²) >= 11 is 0. The van der Waals surface area contributed by atoms with Gasteiger partial charge >= 0.3 is 6.09 Å². The molecule has 18 heavy (non-hydrogen) atoms. The molecule has 0 aromatic heterocycles. The Bertz CT molecular complexity index is 313. The Balaban J connectivity index is 1.67. The average molecular weight is 254 g/mol. The number of ether oxygens (including phenoxy) is 1. The molecular weight excluding hydrogens is 232 g/mol. The molecule has 2 fully saturated rings. The highest BCUT2D eigenvalue weighted by atomic mass is 16.6. The van der Waals surface area contributed by atoms with Crippen LogP contribution in [0, 0.1) is 0 Å². The molecule has 0 bridgehead atoms. The largest absolute Gasteiger partial charge is 0.446 e. The normalized spacial score (nSPS) is 24.3. The molecule has 1 N–H and O–H groups in total. The zero-order valence-corrected chi connectivity index (χ0v) is 11.0. The standard InChI is InChI=1S/C13H22N2O3/c1-10-5-4-8-15(10)12(16)9-14-13(17)18-11-6-2-3-7-11/h10-11H,2-9H2,1H3,(H,14,17). The van der Waals surface area contributed by atoms with E-state index in [1.165, 1.54) is 0 Å². The number of hydrogen-bond donors (Lipinski definition) is 1. The molecule has 0 aromatic carbocycles. The summed E-state index contributed by atoms with van der Waals surface area (Å²) in [6, 6.07) is 0.296. The molecule has 2 rings (SSSR count). The van der Waals surface area contributed by atoms with E-state index in [1.54, 1.807) is 0 Å². The minimum Gasteiger partial charge on any atom is -0.446 e. The summed E-state index contributed by atoms with van der Waals surface area (Å²) in [7, 11) is 0. The van der Waals surface area contributed by atoms with Gasteiger partial charge < -0.3 is 15.0 Å². The summed E-state index contributed by atoms with van der Waals surface area (Å²) in [6.45, 7) is 2.90. The van der Waals surface area contributed by atoms with Crippen LogP contribution < -0.4 is 5.32 Å². The number of carbonyl (C=O) groups excluding carboxylic acids is 2. The molecule has 1 atom stereocenters. The molecule has 1 aliphatic heterocycles. The lowest BCUT2D eigenvalue weighted by Crippen LogP contribution is -2.42. The van der Waals surface area contributed by atoms with Gasteiger partial charge in [0.2, 0.25) is 5.91 Å². The van der Waals surface area contributed by atoms with Crippen LogP contribution in [0.5, 0.6) is 0 Å². The van der Waals surface area contributed by atoms with E-state index in [2.05, 4.69) is 5.32 Å². The molecule has 1 saturated carbocycles. The maximum absolute atomic E-state index is 11.9. The molecule has 0 aromatic rings. The Morgan fingerprint density at radius 1 is 1.22 bits per heavy atom. The van der Waals surface area contributed by atoms with Gasteiger partial charge in [-0.05, 0) is 45.4 Å². The minimum absolute atomic E-state index is 0.0108. The van der Waals surface area contributed by atoms with Crippen molar-refractivity contribution in [3.8, 4) is 0 Å². The van der Waals surface area contributed by atoms with Gasteiger partial charge in [-0.15, -0.1) is 0 Å². The van der Waals surface area contributed by atoms with Gasteiger partial charge in [0.25, 0.3) is 0 Å². The first-order valence-electron chi connectivity index (χ1n) is 6.91. The molecule has 102 valence electrons. The van der Waals surface area contributed by atoms with Crippen molar-refractivity contribution in [3.05, 3.63) is 0 Å². The lowest BCUT2D eigenvalue weighted by atomic mass is 10.2. The number of alkyl carbamates (subject to hydrolysis) is 1. The Hall–Kier alpha value is -1.26. The van der Waals surface area contributed by atoms with Crippen molar-refractivity contribution in [3.63, 3.8) is 0 Å². The second kappa shape index (κ2) is 6.07. The summed E-state index contributed by atoms with van der Waals surface area (Å²) in [5, 5.41) is 2.55. The maximum atomic E-state index is 11.9. The number of likely N-dealkylation sites (tertiary alicyclic amines) is 1. The predicted molar refractivity (Wildman–Crippen MR) is 67.1 cm³/mol. The first-order chi connectivity index (χ1) is 8.66. The van der Waals surface area contributed by atoms with E-state index in [1.807, 2.05) is 11.8 Å². The van der Waals surface area contributed by atoms with E-state index in [-0.39, 0.29) is 18.6 Å². The first kappa shape index (κ1) is 13.2. The molecule has 1 unspecified atom stereocenters. The lowest BCUT2D eigenvalue weighted by molar-refractivity contribution is -0.130. The van der Waals surface area contributed by atoms with Gasteiger partial charge in [-0.25, -0.2) is 4.79 Å². The van der Waals surface area contributed by atoms with Crippen molar-refractivity contribution in [1.29, 1.82) is 0 Å². The quantitative estimate of drug-likeness (QED) is 0.833. The molecule has 1 aliphatic carbocycles. The smallest absolute Gasteiger partial charge is 0.407 e. The fourth-order valence-corrected chi connectivity index (χ4v) is 2.75. The number of amides is 2. The van der Waals surface area contributed by atoms with E-state index in [9.17, 15) is 9.59 Å². The van der Waals surface area contributed by atoms with Crippen LogP contribution in [0.25, 0.3) is 0 Å². The van der Waals surface area contributed by atoms with Crippen molar-refractivity contribution >= 4 is 12.0 Å².